The number of benzene rings is 2. The van der Waals surface area contributed by atoms with Crippen LogP contribution in [0, 0.1) is 6.92 Å². The van der Waals surface area contributed by atoms with Crippen molar-refractivity contribution < 1.29 is 9.32 Å². The fourth-order valence-corrected chi connectivity index (χ4v) is 3.02. The first-order valence-electron chi connectivity index (χ1n) is 8.71. The van der Waals surface area contributed by atoms with Gasteiger partial charge in [0.1, 0.15) is 12.2 Å². The highest BCUT2D eigenvalue weighted by atomic mass is 35.5. The van der Waals surface area contributed by atoms with Gasteiger partial charge in [-0.1, -0.05) is 53.2 Å². The molecule has 0 radical (unpaired) electrons. The fourth-order valence-electron chi connectivity index (χ4n) is 2.85. The molecule has 0 atom stereocenters. The Morgan fingerprint density at radius 1 is 1.14 bits per heavy atom. The summed E-state index contributed by atoms with van der Waals surface area (Å²) in [5.41, 5.74) is 3.17. The van der Waals surface area contributed by atoms with Crippen LogP contribution in [0.4, 0.5) is 5.69 Å². The molecular weight excluding hydrogens is 376 g/mol. The van der Waals surface area contributed by atoms with Gasteiger partial charge in [0.25, 0.3) is 5.89 Å². The van der Waals surface area contributed by atoms with Crippen LogP contribution < -0.4 is 5.32 Å². The molecule has 0 bridgehead atoms. The fraction of sp³-hybridized carbons (Fsp3) is 0.0952. The van der Waals surface area contributed by atoms with E-state index in [0.717, 1.165) is 11.1 Å². The number of carbonyl (C=O) groups is 1. The number of aryl methyl sites for hydroxylation is 1. The molecule has 2 heterocycles. The average molecular weight is 393 g/mol. The van der Waals surface area contributed by atoms with Gasteiger partial charge in [-0.15, -0.1) is 0 Å². The van der Waals surface area contributed by atoms with Crippen LogP contribution in [0.3, 0.4) is 0 Å². The zero-order valence-electron chi connectivity index (χ0n) is 15.1. The lowest BCUT2D eigenvalue weighted by Gasteiger charge is -2.10. The van der Waals surface area contributed by atoms with Gasteiger partial charge in [-0.25, -0.2) is 0 Å². The van der Waals surface area contributed by atoms with Crippen LogP contribution in [-0.2, 0) is 11.3 Å². The van der Waals surface area contributed by atoms with E-state index in [-0.39, 0.29) is 12.5 Å². The Kier molecular flexibility index (Phi) is 4.95. The lowest BCUT2D eigenvalue weighted by molar-refractivity contribution is -0.116. The van der Waals surface area contributed by atoms with Gasteiger partial charge >= 0.3 is 0 Å². The molecule has 4 rings (SSSR count). The smallest absolute Gasteiger partial charge is 0.274 e. The van der Waals surface area contributed by atoms with Gasteiger partial charge in [0, 0.05) is 22.5 Å². The molecule has 0 unspecified atom stereocenters. The second kappa shape index (κ2) is 7.70. The predicted octanol–water partition coefficient (Wildman–Crippen LogP) is 4.81. The Balaban J connectivity index is 1.52. The van der Waals surface area contributed by atoms with E-state index in [0.29, 0.717) is 28.1 Å². The van der Waals surface area contributed by atoms with Gasteiger partial charge < -0.3 is 14.4 Å². The zero-order chi connectivity index (χ0) is 19.5. The minimum absolute atomic E-state index is 0.108. The number of amides is 1. The number of hydrogen-bond donors (Lipinski definition) is 1. The first-order chi connectivity index (χ1) is 13.6. The maximum atomic E-state index is 12.5. The van der Waals surface area contributed by atoms with E-state index in [4.69, 9.17) is 16.1 Å². The van der Waals surface area contributed by atoms with Crippen molar-refractivity contribution in [3.05, 3.63) is 77.4 Å². The van der Waals surface area contributed by atoms with Crippen LogP contribution >= 0.6 is 11.6 Å². The molecule has 140 valence electrons. The van der Waals surface area contributed by atoms with Crippen molar-refractivity contribution >= 4 is 23.2 Å². The second-order valence-corrected chi connectivity index (χ2v) is 6.75. The summed E-state index contributed by atoms with van der Waals surface area (Å²) in [6, 6.07) is 18.6. The van der Waals surface area contributed by atoms with Crippen molar-refractivity contribution in [1.82, 2.24) is 14.7 Å². The first kappa shape index (κ1) is 18.0. The number of nitrogens with zero attached hydrogens (tertiary/aromatic N) is 3. The third kappa shape index (κ3) is 3.82. The third-order valence-electron chi connectivity index (χ3n) is 4.29. The summed E-state index contributed by atoms with van der Waals surface area (Å²) in [5.74, 6) is 0.684. The molecule has 0 aliphatic rings. The Morgan fingerprint density at radius 3 is 2.79 bits per heavy atom. The molecule has 6 nitrogen and oxygen atoms in total. The van der Waals surface area contributed by atoms with Gasteiger partial charge in [0.05, 0.1) is 0 Å². The summed E-state index contributed by atoms with van der Waals surface area (Å²) in [7, 11) is 0. The average Bonchev–Trinajstić information content (AvgIpc) is 3.34. The summed E-state index contributed by atoms with van der Waals surface area (Å²) < 4.78 is 7.17. The van der Waals surface area contributed by atoms with E-state index in [9.17, 15) is 4.79 Å². The van der Waals surface area contributed by atoms with Crippen LogP contribution in [0.1, 0.15) is 5.56 Å². The van der Waals surface area contributed by atoms with E-state index in [2.05, 4.69) is 15.5 Å². The minimum atomic E-state index is -0.175. The molecule has 1 amide bonds. The molecule has 0 aliphatic carbocycles. The van der Waals surface area contributed by atoms with E-state index in [1.807, 2.05) is 55.5 Å². The highest BCUT2D eigenvalue weighted by Gasteiger charge is 2.16. The number of halogens is 1. The molecule has 1 N–H and O–H groups in total. The van der Waals surface area contributed by atoms with Gasteiger partial charge in [-0.3, -0.25) is 4.79 Å². The lowest BCUT2D eigenvalue weighted by atomic mass is 10.2. The standard InChI is InChI=1S/C21H17ClN4O2/c1-14-9-10-16(22)12-17(14)23-19(27)13-26-11-5-8-18(26)21-24-20(25-28-21)15-6-3-2-4-7-15/h2-12H,13H2,1H3,(H,23,27). The number of carbonyl (C=O) groups excluding carboxylic acids is 1. The molecule has 0 aliphatic heterocycles. The van der Waals surface area contributed by atoms with Crippen molar-refractivity contribution in [2.24, 2.45) is 0 Å². The SMILES string of the molecule is Cc1ccc(Cl)cc1NC(=O)Cn1cccc1-c1nc(-c2ccccc2)no1. The van der Waals surface area contributed by atoms with Gasteiger partial charge in [-0.05, 0) is 36.8 Å². The third-order valence-corrected chi connectivity index (χ3v) is 4.53. The number of hydrogen-bond acceptors (Lipinski definition) is 4. The molecule has 0 spiro atoms. The molecule has 0 saturated heterocycles. The van der Waals surface area contributed by atoms with Crippen molar-refractivity contribution in [3.8, 4) is 23.0 Å². The monoisotopic (exact) mass is 392 g/mol. The molecule has 4 aromatic rings. The normalized spacial score (nSPS) is 10.8. The van der Waals surface area contributed by atoms with E-state index < -0.39 is 0 Å². The molecule has 0 saturated carbocycles. The Hall–Kier alpha value is -3.38. The van der Waals surface area contributed by atoms with Crippen LogP contribution in [0.5, 0.6) is 0 Å². The Bertz CT molecular complexity index is 1120. The number of nitrogens with one attached hydrogen (secondary N) is 1. The number of aromatic nitrogens is 3. The van der Waals surface area contributed by atoms with E-state index in [1.54, 1.807) is 22.9 Å². The summed E-state index contributed by atoms with van der Waals surface area (Å²) in [5, 5.41) is 7.50. The Morgan fingerprint density at radius 2 is 1.96 bits per heavy atom. The summed E-state index contributed by atoms with van der Waals surface area (Å²) in [4.78, 5) is 17.0. The van der Waals surface area contributed by atoms with Crippen LogP contribution in [-0.4, -0.2) is 20.6 Å². The van der Waals surface area contributed by atoms with Gasteiger partial charge in [0.2, 0.25) is 11.7 Å². The summed E-state index contributed by atoms with van der Waals surface area (Å²) in [6.45, 7) is 2.02. The first-order valence-corrected chi connectivity index (χ1v) is 9.08. The van der Waals surface area contributed by atoms with Crippen molar-refractivity contribution in [2.75, 3.05) is 5.32 Å². The topological polar surface area (TPSA) is 73.0 Å². The minimum Gasteiger partial charge on any atom is -0.334 e. The second-order valence-electron chi connectivity index (χ2n) is 6.32. The lowest BCUT2D eigenvalue weighted by Crippen LogP contribution is -2.19. The molecule has 2 aromatic heterocycles. The number of anilines is 1. The molecule has 28 heavy (non-hydrogen) atoms. The zero-order valence-corrected chi connectivity index (χ0v) is 15.8. The summed E-state index contributed by atoms with van der Waals surface area (Å²) in [6.07, 6.45) is 1.80. The van der Waals surface area contributed by atoms with E-state index >= 15 is 0 Å². The molecule has 7 heteroatoms. The van der Waals surface area contributed by atoms with Crippen LogP contribution in [0.15, 0.2) is 71.4 Å². The highest BCUT2D eigenvalue weighted by Crippen LogP contribution is 2.23. The van der Waals surface area contributed by atoms with Crippen molar-refractivity contribution in [1.29, 1.82) is 0 Å². The highest BCUT2D eigenvalue weighted by molar-refractivity contribution is 6.31. The quantitative estimate of drug-likeness (QED) is 0.529. The summed E-state index contributed by atoms with van der Waals surface area (Å²) >= 11 is 6.02. The van der Waals surface area contributed by atoms with Crippen LogP contribution in [0.2, 0.25) is 5.02 Å². The van der Waals surface area contributed by atoms with Crippen molar-refractivity contribution in [3.63, 3.8) is 0 Å². The maximum absolute atomic E-state index is 12.5. The van der Waals surface area contributed by atoms with Crippen LogP contribution in [0.25, 0.3) is 23.0 Å². The Labute approximate surface area is 166 Å². The van der Waals surface area contributed by atoms with Gasteiger partial charge in [0.15, 0.2) is 0 Å². The largest absolute Gasteiger partial charge is 0.334 e. The van der Waals surface area contributed by atoms with Gasteiger partial charge in [-0.2, -0.15) is 4.98 Å². The molecular formula is C21H17ClN4O2. The molecule has 0 fully saturated rings. The van der Waals surface area contributed by atoms with Crippen molar-refractivity contribution in [2.45, 2.75) is 13.5 Å². The number of rotatable bonds is 5. The maximum Gasteiger partial charge on any atom is 0.274 e. The van der Waals surface area contributed by atoms with E-state index in [1.165, 1.54) is 0 Å². The molecule has 2 aromatic carbocycles. The predicted molar refractivity (Wildman–Crippen MR) is 108 cm³/mol.